The first-order chi connectivity index (χ1) is 9.90. The van der Waals surface area contributed by atoms with Gasteiger partial charge in [-0.15, -0.1) is 0 Å². The monoisotopic (exact) mass is 290 g/mol. The molecule has 4 nitrogen and oxygen atoms in total. The summed E-state index contributed by atoms with van der Waals surface area (Å²) in [5.74, 6) is 0.763. The van der Waals surface area contributed by atoms with E-state index in [4.69, 9.17) is 10.5 Å². The minimum Gasteiger partial charge on any atom is -0.490 e. The lowest BCUT2D eigenvalue weighted by Gasteiger charge is -2.29. The second kappa shape index (κ2) is 7.84. The molecule has 0 spiro atoms. The number of likely N-dealkylation sites (N-methyl/N-ethyl adjacent to an activating group) is 1. The second-order valence-corrected chi connectivity index (χ2v) is 5.57. The van der Waals surface area contributed by atoms with E-state index in [-0.39, 0.29) is 5.91 Å². The van der Waals surface area contributed by atoms with E-state index in [0.717, 1.165) is 17.7 Å². The molecule has 0 fully saturated rings. The lowest BCUT2D eigenvalue weighted by Crippen LogP contribution is -2.51. The molecule has 0 aliphatic carbocycles. The molecule has 0 aliphatic rings. The van der Waals surface area contributed by atoms with Crippen molar-refractivity contribution < 1.29 is 9.53 Å². The molecule has 0 aliphatic heterocycles. The molecule has 4 heteroatoms. The van der Waals surface area contributed by atoms with Gasteiger partial charge in [-0.1, -0.05) is 38.1 Å². The maximum Gasteiger partial charge on any atom is 0.242 e. The molecule has 0 heterocycles. The van der Waals surface area contributed by atoms with E-state index >= 15 is 0 Å². The summed E-state index contributed by atoms with van der Waals surface area (Å²) in [5, 5.41) is 0. The fourth-order valence-electron chi connectivity index (χ4n) is 2.25. The minimum absolute atomic E-state index is 0.0312. The zero-order chi connectivity index (χ0) is 15.9. The number of ether oxygens (including phenoxy) is 1. The number of amides is 1. The number of rotatable bonds is 8. The third-order valence-electron chi connectivity index (χ3n) is 3.32. The van der Waals surface area contributed by atoms with Gasteiger partial charge < -0.3 is 15.4 Å². The fraction of sp³-hybridized carbons (Fsp3) is 0.471. The minimum atomic E-state index is -0.795. The molecule has 0 bridgehead atoms. The first kappa shape index (κ1) is 17.2. The average Bonchev–Trinajstić information content (AvgIpc) is 2.45. The Morgan fingerprint density at radius 2 is 2.05 bits per heavy atom. The summed E-state index contributed by atoms with van der Waals surface area (Å²) < 4.78 is 5.43. The van der Waals surface area contributed by atoms with Gasteiger partial charge in [0.1, 0.15) is 12.4 Å². The van der Waals surface area contributed by atoms with E-state index in [0.29, 0.717) is 19.6 Å². The molecule has 116 valence electrons. The Kier molecular flexibility index (Phi) is 6.43. The van der Waals surface area contributed by atoms with E-state index in [1.165, 1.54) is 0 Å². The molecule has 21 heavy (non-hydrogen) atoms. The smallest absolute Gasteiger partial charge is 0.242 e. The molecule has 0 saturated carbocycles. The molecule has 1 rings (SSSR count). The molecular weight excluding hydrogens is 264 g/mol. The number of hydrogen-bond acceptors (Lipinski definition) is 3. The second-order valence-electron chi connectivity index (χ2n) is 5.57. The largest absolute Gasteiger partial charge is 0.490 e. The zero-order valence-corrected chi connectivity index (χ0v) is 13.3. The van der Waals surface area contributed by atoms with Gasteiger partial charge in [0.05, 0.1) is 5.54 Å². The van der Waals surface area contributed by atoms with Crippen LogP contribution in [0.4, 0.5) is 0 Å². The maximum atomic E-state index is 12.3. The van der Waals surface area contributed by atoms with Gasteiger partial charge in [-0.25, -0.2) is 0 Å². The molecular formula is C17H26N2O2. The summed E-state index contributed by atoms with van der Waals surface area (Å²) in [4.78, 5) is 14.0. The van der Waals surface area contributed by atoms with Crippen LogP contribution in [-0.2, 0) is 11.3 Å². The van der Waals surface area contributed by atoms with Crippen LogP contribution in [0.25, 0.3) is 0 Å². The van der Waals surface area contributed by atoms with Crippen LogP contribution in [0, 0.1) is 0 Å². The van der Waals surface area contributed by atoms with Gasteiger partial charge in [0.2, 0.25) is 5.91 Å². The molecule has 1 aromatic rings. The van der Waals surface area contributed by atoms with Crippen molar-refractivity contribution in [3.8, 4) is 5.75 Å². The average molecular weight is 290 g/mol. The van der Waals surface area contributed by atoms with Crippen molar-refractivity contribution in [2.24, 2.45) is 5.73 Å². The Morgan fingerprint density at radius 3 is 2.57 bits per heavy atom. The Morgan fingerprint density at radius 1 is 1.43 bits per heavy atom. The molecule has 0 aromatic heterocycles. The van der Waals surface area contributed by atoms with Crippen molar-refractivity contribution in [3.63, 3.8) is 0 Å². The quantitative estimate of drug-likeness (QED) is 0.749. The molecule has 0 radical (unpaired) electrons. The number of hydrogen-bond donors (Lipinski definition) is 1. The fourth-order valence-corrected chi connectivity index (χ4v) is 2.25. The first-order valence-electron chi connectivity index (χ1n) is 7.27. The SMILES string of the molecule is C=CCOc1ccc(CN(C)C(=O)C(C)(N)CCC)cc1. The molecule has 1 amide bonds. The third-order valence-corrected chi connectivity index (χ3v) is 3.32. The predicted octanol–water partition coefficient (Wildman–Crippen LogP) is 2.73. The first-order valence-corrected chi connectivity index (χ1v) is 7.27. The lowest BCUT2D eigenvalue weighted by atomic mass is 9.96. The van der Waals surface area contributed by atoms with Crippen LogP contribution in [0.2, 0.25) is 0 Å². The number of nitrogens with zero attached hydrogens (tertiary/aromatic N) is 1. The van der Waals surface area contributed by atoms with Gasteiger partial charge in [-0.05, 0) is 31.0 Å². The Labute approximate surface area is 127 Å². The van der Waals surface area contributed by atoms with E-state index in [1.54, 1.807) is 24.9 Å². The van der Waals surface area contributed by atoms with Crippen molar-refractivity contribution in [1.82, 2.24) is 4.90 Å². The highest BCUT2D eigenvalue weighted by atomic mass is 16.5. The summed E-state index contributed by atoms with van der Waals surface area (Å²) in [6.07, 6.45) is 3.28. The van der Waals surface area contributed by atoms with Crippen LogP contribution in [-0.4, -0.2) is 30.0 Å². The topological polar surface area (TPSA) is 55.6 Å². The van der Waals surface area contributed by atoms with Crippen LogP contribution in [0.5, 0.6) is 5.75 Å². The summed E-state index contributed by atoms with van der Waals surface area (Å²) in [5.41, 5.74) is 6.33. The summed E-state index contributed by atoms with van der Waals surface area (Å²) in [6.45, 7) is 8.46. The van der Waals surface area contributed by atoms with E-state index in [2.05, 4.69) is 6.58 Å². The van der Waals surface area contributed by atoms with Gasteiger partial charge in [-0.3, -0.25) is 4.79 Å². The summed E-state index contributed by atoms with van der Waals surface area (Å²) >= 11 is 0. The van der Waals surface area contributed by atoms with Crippen LogP contribution >= 0.6 is 0 Å². The lowest BCUT2D eigenvalue weighted by molar-refractivity contribution is -0.135. The Hall–Kier alpha value is -1.81. The zero-order valence-electron chi connectivity index (χ0n) is 13.3. The molecule has 0 saturated heterocycles. The number of carbonyl (C=O) groups excluding carboxylic acids is 1. The number of carbonyl (C=O) groups is 1. The van der Waals surface area contributed by atoms with Gasteiger partial charge in [0.15, 0.2) is 0 Å². The number of nitrogens with two attached hydrogens (primary N) is 1. The standard InChI is InChI=1S/C17H26N2O2/c1-5-11-17(3,18)16(20)19(4)13-14-7-9-15(10-8-14)21-12-6-2/h6-10H,2,5,11-13,18H2,1,3-4H3. The summed E-state index contributed by atoms with van der Waals surface area (Å²) in [7, 11) is 1.78. The predicted molar refractivity (Wildman–Crippen MR) is 86.1 cm³/mol. The van der Waals surface area contributed by atoms with Gasteiger partial charge in [0.25, 0.3) is 0 Å². The van der Waals surface area contributed by atoms with Crippen molar-refractivity contribution in [2.75, 3.05) is 13.7 Å². The summed E-state index contributed by atoms with van der Waals surface area (Å²) in [6, 6.07) is 7.70. The van der Waals surface area contributed by atoms with Crippen molar-refractivity contribution >= 4 is 5.91 Å². The van der Waals surface area contributed by atoms with E-state index < -0.39 is 5.54 Å². The van der Waals surface area contributed by atoms with Crippen LogP contribution in [0.15, 0.2) is 36.9 Å². The molecule has 1 unspecified atom stereocenters. The van der Waals surface area contributed by atoms with Gasteiger partial charge in [-0.2, -0.15) is 0 Å². The van der Waals surface area contributed by atoms with Crippen molar-refractivity contribution in [3.05, 3.63) is 42.5 Å². The van der Waals surface area contributed by atoms with Crippen LogP contribution in [0.3, 0.4) is 0 Å². The third kappa shape index (κ3) is 5.23. The van der Waals surface area contributed by atoms with E-state index in [1.807, 2.05) is 31.2 Å². The van der Waals surface area contributed by atoms with Gasteiger partial charge in [0, 0.05) is 13.6 Å². The highest BCUT2D eigenvalue weighted by Crippen LogP contribution is 2.16. The highest BCUT2D eigenvalue weighted by Gasteiger charge is 2.29. The molecule has 2 N–H and O–H groups in total. The van der Waals surface area contributed by atoms with Crippen molar-refractivity contribution in [1.29, 1.82) is 0 Å². The normalized spacial score (nSPS) is 13.3. The molecule has 1 aromatic carbocycles. The van der Waals surface area contributed by atoms with Crippen LogP contribution in [0.1, 0.15) is 32.3 Å². The number of benzene rings is 1. The maximum absolute atomic E-state index is 12.3. The molecule has 1 atom stereocenters. The van der Waals surface area contributed by atoms with Gasteiger partial charge >= 0.3 is 0 Å². The van der Waals surface area contributed by atoms with Crippen molar-refractivity contribution in [2.45, 2.75) is 38.8 Å². The highest BCUT2D eigenvalue weighted by molar-refractivity contribution is 5.85. The Bertz CT molecular complexity index is 466. The van der Waals surface area contributed by atoms with E-state index in [9.17, 15) is 4.79 Å². The van der Waals surface area contributed by atoms with Crippen LogP contribution < -0.4 is 10.5 Å². The Balaban J connectivity index is 2.63.